The molecule has 0 spiro atoms. The fourth-order valence-corrected chi connectivity index (χ4v) is 2.34. The van der Waals surface area contributed by atoms with Gasteiger partial charge in [0.2, 0.25) is 0 Å². The largest absolute Gasteiger partial charge is 0.401 e. The Morgan fingerprint density at radius 1 is 1.33 bits per heavy atom. The van der Waals surface area contributed by atoms with Gasteiger partial charge in [0, 0.05) is 24.5 Å². The average molecular weight is 280 g/mol. The van der Waals surface area contributed by atoms with E-state index in [1.807, 2.05) is 11.4 Å². The van der Waals surface area contributed by atoms with Crippen LogP contribution in [0.15, 0.2) is 17.5 Å². The topological polar surface area (TPSA) is 15.3 Å². The van der Waals surface area contributed by atoms with Crippen molar-refractivity contribution >= 4 is 11.3 Å². The van der Waals surface area contributed by atoms with Gasteiger partial charge in [-0.15, -0.1) is 11.3 Å². The van der Waals surface area contributed by atoms with E-state index in [1.165, 1.54) is 9.78 Å². The molecule has 1 aromatic heterocycles. The molecule has 1 N–H and O–H groups in total. The summed E-state index contributed by atoms with van der Waals surface area (Å²) in [4.78, 5) is 2.70. The molecule has 1 heterocycles. The monoisotopic (exact) mass is 280 g/mol. The Morgan fingerprint density at radius 3 is 2.67 bits per heavy atom. The van der Waals surface area contributed by atoms with Gasteiger partial charge in [0.25, 0.3) is 0 Å². The molecular weight excluding hydrogens is 261 g/mol. The van der Waals surface area contributed by atoms with Crippen molar-refractivity contribution < 1.29 is 13.2 Å². The summed E-state index contributed by atoms with van der Waals surface area (Å²) in [7, 11) is 0. The van der Waals surface area contributed by atoms with E-state index >= 15 is 0 Å². The number of nitrogens with zero attached hydrogens (tertiary/aromatic N) is 1. The zero-order valence-corrected chi connectivity index (χ0v) is 11.3. The molecule has 2 nitrogen and oxygen atoms in total. The van der Waals surface area contributed by atoms with Gasteiger partial charge in [0.15, 0.2) is 0 Å². The molecule has 104 valence electrons. The van der Waals surface area contributed by atoms with Crippen LogP contribution in [0.25, 0.3) is 0 Å². The van der Waals surface area contributed by atoms with Crippen molar-refractivity contribution in [2.75, 3.05) is 32.7 Å². The van der Waals surface area contributed by atoms with Crippen molar-refractivity contribution in [2.24, 2.45) is 0 Å². The normalized spacial score (nSPS) is 12.3. The van der Waals surface area contributed by atoms with Crippen LogP contribution in [-0.2, 0) is 6.42 Å². The van der Waals surface area contributed by atoms with Crippen LogP contribution in [0.1, 0.15) is 11.8 Å². The average Bonchev–Trinajstić information content (AvgIpc) is 2.78. The quantitative estimate of drug-likeness (QED) is 0.737. The first-order valence-electron chi connectivity index (χ1n) is 6.03. The van der Waals surface area contributed by atoms with Crippen molar-refractivity contribution in [1.82, 2.24) is 10.2 Å². The van der Waals surface area contributed by atoms with E-state index in [4.69, 9.17) is 0 Å². The van der Waals surface area contributed by atoms with Gasteiger partial charge < -0.3 is 5.32 Å². The van der Waals surface area contributed by atoms with E-state index in [0.29, 0.717) is 19.6 Å². The summed E-state index contributed by atoms with van der Waals surface area (Å²) >= 11 is 1.70. The van der Waals surface area contributed by atoms with Crippen molar-refractivity contribution in [3.63, 3.8) is 0 Å². The Labute approximate surface area is 110 Å². The molecule has 0 aliphatic carbocycles. The van der Waals surface area contributed by atoms with Crippen LogP contribution in [0.3, 0.4) is 0 Å². The smallest absolute Gasteiger partial charge is 0.315 e. The highest BCUT2D eigenvalue weighted by atomic mass is 32.1. The lowest BCUT2D eigenvalue weighted by Crippen LogP contribution is -2.38. The van der Waals surface area contributed by atoms with Gasteiger partial charge in [-0.05, 0) is 24.4 Å². The standard InChI is InChI=1S/C12H19F3N2S/c1-2-17(10-12(13,14)15)8-7-16-6-5-11-4-3-9-18-11/h3-4,9,16H,2,5-8,10H2,1H3. The first-order chi connectivity index (χ1) is 8.51. The Kier molecular flexibility index (Phi) is 6.67. The summed E-state index contributed by atoms with van der Waals surface area (Å²) in [5.74, 6) is 0. The SMILES string of the molecule is CCN(CCNCCc1cccs1)CC(F)(F)F. The zero-order chi connectivity index (χ0) is 13.4. The van der Waals surface area contributed by atoms with Gasteiger partial charge in [0.1, 0.15) is 0 Å². The summed E-state index contributed by atoms with van der Waals surface area (Å²) in [5.41, 5.74) is 0. The second-order valence-electron chi connectivity index (χ2n) is 4.06. The van der Waals surface area contributed by atoms with Gasteiger partial charge in [-0.25, -0.2) is 0 Å². The Balaban J connectivity index is 2.08. The Morgan fingerprint density at radius 2 is 2.11 bits per heavy atom. The third kappa shape index (κ3) is 6.98. The van der Waals surface area contributed by atoms with E-state index < -0.39 is 12.7 Å². The summed E-state index contributed by atoms with van der Waals surface area (Å²) in [6.45, 7) is 3.18. The minimum atomic E-state index is -4.10. The fourth-order valence-electron chi connectivity index (χ4n) is 1.63. The number of nitrogens with one attached hydrogen (secondary N) is 1. The lowest BCUT2D eigenvalue weighted by molar-refractivity contribution is -0.145. The van der Waals surface area contributed by atoms with Crippen molar-refractivity contribution in [1.29, 1.82) is 0 Å². The molecule has 0 saturated heterocycles. The molecule has 0 fully saturated rings. The lowest BCUT2D eigenvalue weighted by atomic mass is 10.3. The molecule has 0 radical (unpaired) electrons. The van der Waals surface area contributed by atoms with E-state index in [1.54, 1.807) is 18.3 Å². The number of halogens is 3. The predicted molar refractivity (Wildman–Crippen MR) is 69.1 cm³/mol. The van der Waals surface area contributed by atoms with Crippen LogP contribution in [0.5, 0.6) is 0 Å². The van der Waals surface area contributed by atoms with Crippen molar-refractivity contribution in [3.05, 3.63) is 22.4 Å². The van der Waals surface area contributed by atoms with E-state index in [2.05, 4.69) is 11.4 Å². The third-order valence-corrected chi connectivity index (χ3v) is 3.52. The molecule has 0 unspecified atom stereocenters. The molecule has 0 atom stereocenters. The maximum atomic E-state index is 12.2. The maximum absolute atomic E-state index is 12.2. The van der Waals surface area contributed by atoms with Crippen LogP contribution < -0.4 is 5.32 Å². The Hall–Kier alpha value is -0.590. The first-order valence-corrected chi connectivity index (χ1v) is 6.91. The molecule has 6 heteroatoms. The van der Waals surface area contributed by atoms with E-state index in [0.717, 1.165) is 13.0 Å². The van der Waals surface area contributed by atoms with E-state index in [-0.39, 0.29) is 0 Å². The number of alkyl halides is 3. The molecule has 18 heavy (non-hydrogen) atoms. The third-order valence-electron chi connectivity index (χ3n) is 2.58. The number of thiophene rings is 1. The highest BCUT2D eigenvalue weighted by Gasteiger charge is 2.29. The molecule has 1 rings (SSSR count). The first kappa shape index (κ1) is 15.5. The minimum absolute atomic E-state index is 0.423. The number of hydrogen-bond acceptors (Lipinski definition) is 3. The molecule has 0 aromatic carbocycles. The Bertz CT molecular complexity index is 312. The number of rotatable bonds is 8. The highest BCUT2D eigenvalue weighted by molar-refractivity contribution is 7.09. The zero-order valence-electron chi connectivity index (χ0n) is 10.5. The van der Waals surface area contributed by atoms with Crippen LogP contribution in [-0.4, -0.2) is 43.8 Å². The minimum Gasteiger partial charge on any atom is -0.315 e. The van der Waals surface area contributed by atoms with Gasteiger partial charge >= 0.3 is 6.18 Å². The summed E-state index contributed by atoms with van der Waals surface area (Å²) in [6, 6.07) is 4.07. The molecule has 0 aliphatic heterocycles. The lowest BCUT2D eigenvalue weighted by Gasteiger charge is -2.21. The molecule has 0 amide bonds. The predicted octanol–water partition coefficient (Wildman–Crippen LogP) is 2.76. The molecule has 0 bridgehead atoms. The molecule has 0 saturated carbocycles. The van der Waals surface area contributed by atoms with Crippen LogP contribution in [0.2, 0.25) is 0 Å². The van der Waals surface area contributed by atoms with Gasteiger partial charge in [0.05, 0.1) is 6.54 Å². The van der Waals surface area contributed by atoms with Crippen LogP contribution in [0.4, 0.5) is 13.2 Å². The van der Waals surface area contributed by atoms with Crippen LogP contribution >= 0.6 is 11.3 Å². The maximum Gasteiger partial charge on any atom is 0.401 e. The summed E-state index contributed by atoms with van der Waals surface area (Å²) in [6.07, 6.45) is -3.17. The molecule has 1 aromatic rings. The summed E-state index contributed by atoms with van der Waals surface area (Å²) in [5, 5.41) is 5.20. The van der Waals surface area contributed by atoms with Crippen molar-refractivity contribution in [3.8, 4) is 0 Å². The second kappa shape index (κ2) is 7.76. The van der Waals surface area contributed by atoms with Crippen LogP contribution in [0, 0.1) is 0 Å². The highest BCUT2D eigenvalue weighted by Crippen LogP contribution is 2.15. The number of likely N-dealkylation sites (N-methyl/N-ethyl adjacent to an activating group) is 1. The van der Waals surface area contributed by atoms with E-state index in [9.17, 15) is 13.2 Å². The molecule has 0 aliphatic rings. The van der Waals surface area contributed by atoms with Gasteiger partial charge in [-0.2, -0.15) is 13.2 Å². The summed E-state index contributed by atoms with van der Waals surface area (Å²) < 4.78 is 36.6. The molecular formula is C12H19F3N2S. The fraction of sp³-hybridized carbons (Fsp3) is 0.667. The van der Waals surface area contributed by atoms with Gasteiger partial charge in [-0.3, -0.25) is 4.90 Å². The van der Waals surface area contributed by atoms with Crippen molar-refractivity contribution in [2.45, 2.75) is 19.5 Å². The second-order valence-corrected chi connectivity index (χ2v) is 5.10. The number of hydrogen-bond donors (Lipinski definition) is 1. The van der Waals surface area contributed by atoms with Gasteiger partial charge in [-0.1, -0.05) is 13.0 Å².